The lowest BCUT2D eigenvalue weighted by molar-refractivity contribution is 0.00703. The van der Waals surface area contributed by atoms with Gasteiger partial charge in [-0.2, -0.15) is 0 Å². The lowest BCUT2D eigenvalue weighted by Crippen LogP contribution is -2.47. The Morgan fingerprint density at radius 1 is 1.05 bits per heavy atom. The van der Waals surface area contributed by atoms with Crippen LogP contribution in [-0.2, 0) is 5.60 Å². The molecule has 2 aromatic carbocycles. The monoisotopic (exact) mass is 265 g/mol. The smallest absolute Gasteiger partial charge is 0.143 e. The maximum Gasteiger partial charge on any atom is 0.143 e. The Labute approximate surface area is 120 Å². The fraction of sp³-hybridized carbons (Fsp3) is 0.333. The first-order chi connectivity index (χ1) is 9.79. The highest BCUT2D eigenvalue weighted by Crippen LogP contribution is 2.53. The third-order valence-corrected chi connectivity index (χ3v) is 4.77. The summed E-state index contributed by atoms with van der Waals surface area (Å²) in [6.45, 7) is 2.14. The standard InChI is InChI=1S/C18H19NO/c1-19-12-11-18(14-7-3-2-4-8-14)16(13-19)15-9-5-6-10-17(15)20-18/h2-10,16H,11-13H2,1H3. The molecule has 0 bridgehead atoms. The van der Waals surface area contributed by atoms with Gasteiger partial charge in [-0.05, 0) is 18.7 Å². The van der Waals surface area contributed by atoms with E-state index in [1.54, 1.807) is 0 Å². The highest BCUT2D eigenvalue weighted by atomic mass is 16.5. The lowest BCUT2D eigenvalue weighted by Gasteiger charge is -2.42. The molecule has 0 aromatic heterocycles. The maximum absolute atomic E-state index is 6.51. The molecule has 102 valence electrons. The average Bonchev–Trinajstić information content (AvgIpc) is 2.83. The van der Waals surface area contributed by atoms with Crippen molar-refractivity contribution < 1.29 is 4.74 Å². The Kier molecular flexibility index (Phi) is 2.61. The third kappa shape index (κ3) is 1.61. The van der Waals surface area contributed by atoms with Gasteiger partial charge in [-0.15, -0.1) is 0 Å². The van der Waals surface area contributed by atoms with Crippen molar-refractivity contribution in [2.24, 2.45) is 0 Å². The number of fused-ring (bicyclic) bond motifs is 3. The van der Waals surface area contributed by atoms with Gasteiger partial charge in [0.1, 0.15) is 11.4 Å². The average molecular weight is 265 g/mol. The molecule has 20 heavy (non-hydrogen) atoms. The number of rotatable bonds is 1. The summed E-state index contributed by atoms with van der Waals surface area (Å²) in [5.74, 6) is 1.50. The zero-order valence-electron chi connectivity index (χ0n) is 11.8. The van der Waals surface area contributed by atoms with Crippen LogP contribution in [0.1, 0.15) is 23.5 Å². The molecule has 2 aliphatic heterocycles. The molecule has 0 spiro atoms. The predicted molar refractivity (Wildman–Crippen MR) is 80.0 cm³/mol. The van der Waals surface area contributed by atoms with Crippen molar-refractivity contribution in [1.82, 2.24) is 4.90 Å². The van der Waals surface area contributed by atoms with Gasteiger partial charge in [0, 0.05) is 31.0 Å². The van der Waals surface area contributed by atoms with Crippen LogP contribution >= 0.6 is 0 Å². The van der Waals surface area contributed by atoms with Gasteiger partial charge in [0.15, 0.2) is 0 Å². The molecular weight excluding hydrogens is 246 g/mol. The van der Waals surface area contributed by atoms with Crippen LogP contribution in [0.2, 0.25) is 0 Å². The second kappa shape index (κ2) is 4.35. The first kappa shape index (κ1) is 12.0. The zero-order valence-corrected chi connectivity index (χ0v) is 11.8. The molecule has 2 aromatic rings. The fourth-order valence-corrected chi connectivity index (χ4v) is 3.74. The lowest BCUT2D eigenvalue weighted by atomic mass is 9.74. The molecule has 2 nitrogen and oxygen atoms in total. The molecule has 1 fully saturated rings. The van der Waals surface area contributed by atoms with Gasteiger partial charge in [0.05, 0.1) is 0 Å². The van der Waals surface area contributed by atoms with E-state index >= 15 is 0 Å². The van der Waals surface area contributed by atoms with E-state index in [0.717, 1.165) is 25.3 Å². The van der Waals surface area contributed by atoms with E-state index in [4.69, 9.17) is 4.74 Å². The molecule has 2 unspecified atom stereocenters. The summed E-state index contributed by atoms with van der Waals surface area (Å²) in [6.07, 6.45) is 1.05. The molecule has 2 heteroatoms. The van der Waals surface area contributed by atoms with E-state index in [9.17, 15) is 0 Å². The van der Waals surface area contributed by atoms with Gasteiger partial charge in [0.2, 0.25) is 0 Å². The van der Waals surface area contributed by atoms with Gasteiger partial charge in [-0.1, -0.05) is 48.5 Å². The van der Waals surface area contributed by atoms with Gasteiger partial charge in [-0.3, -0.25) is 0 Å². The topological polar surface area (TPSA) is 12.5 Å². The van der Waals surface area contributed by atoms with E-state index in [-0.39, 0.29) is 5.60 Å². The van der Waals surface area contributed by atoms with Gasteiger partial charge >= 0.3 is 0 Å². The molecule has 0 N–H and O–H groups in total. The summed E-state index contributed by atoms with van der Waals surface area (Å²) >= 11 is 0. The highest BCUT2D eigenvalue weighted by molar-refractivity contribution is 5.47. The summed E-state index contributed by atoms with van der Waals surface area (Å²) in [7, 11) is 2.20. The van der Waals surface area contributed by atoms with Crippen molar-refractivity contribution in [2.75, 3.05) is 20.1 Å². The third-order valence-electron chi connectivity index (χ3n) is 4.77. The summed E-state index contributed by atoms with van der Waals surface area (Å²) in [5.41, 5.74) is 2.51. The molecule has 1 saturated heterocycles. The number of likely N-dealkylation sites (tertiary alicyclic amines) is 1. The first-order valence-electron chi connectivity index (χ1n) is 7.32. The number of hydrogen-bond acceptors (Lipinski definition) is 2. The summed E-state index contributed by atoms with van der Waals surface area (Å²) in [4.78, 5) is 2.41. The minimum Gasteiger partial charge on any atom is -0.482 e. The number of likely N-dealkylation sites (N-methyl/N-ethyl adjacent to an activating group) is 1. The van der Waals surface area contributed by atoms with Crippen molar-refractivity contribution in [1.29, 1.82) is 0 Å². The van der Waals surface area contributed by atoms with Crippen molar-refractivity contribution in [3.05, 3.63) is 65.7 Å². The van der Waals surface area contributed by atoms with Crippen LogP contribution in [0.15, 0.2) is 54.6 Å². The normalized spacial score (nSPS) is 28.6. The number of para-hydroxylation sites is 1. The van der Waals surface area contributed by atoms with Crippen molar-refractivity contribution in [2.45, 2.75) is 17.9 Å². The van der Waals surface area contributed by atoms with Gasteiger partial charge in [0.25, 0.3) is 0 Å². The van der Waals surface area contributed by atoms with E-state index in [2.05, 4.69) is 66.5 Å². The minimum atomic E-state index is -0.169. The zero-order chi connectivity index (χ0) is 13.6. The molecule has 2 aliphatic rings. The van der Waals surface area contributed by atoms with E-state index in [1.807, 2.05) is 0 Å². The SMILES string of the molecule is CN1CCC2(c3ccccc3)Oc3ccccc3C2C1. The largest absolute Gasteiger partial charge is 0.482 e. The Morgan fingerprint density at radius 3 is 2.65 bits per heavy atom. The number of benzene rings is 2. The summed E-state index contributed by atoms with van der Waals surface area (Å²) in [6, 6.07) is 19.3. The molecule has 0 radical (unpaired) electrons. The molecule has 2 heterocycles. The van der Waals surface area contributed by atoms with E-state index < -0.39 is 0 Å². The van der Waals surface area contributed by atoms with Gasteiger partial charge < -0.3 is 9.64 Å². The van der Waals surface area contributed by atoms with Crippen molar-refractivity contribution in [3.63, 3.8) is 0 Å². The molecule has 2 atom stereocenters. The van der Waals surface area contributed by atoms with E-state index in [0.29, 0.717) is 5.92 Å². The predicted octanol–water partition coefficient (Wildman–Crippen LogP) is 3.39. The highest BCUT2D eigenvalue weighted by Gasteiger charge is 2.51. The maximum atomic E-state index is 6.51. The Morgan fingerprint density at radius 2 is 1.80 bits per heavy atom. The Balaban J connectivity index is 1.86. The van der Waals surface area contributed by atoms with Crippen LogP contribution < -0.4 is 4.74 Å². The van der Waals surface area contributed by atoms with E-state index in [1.165, 1.54) is 11.1 Å². The fourth-order valence-electron chi connectivity index (χ4n) is 3.74. The summed E-state index contributed by atoms with van der Waals surface area (Å²) < 4.78 is 6.51. The number of piperidine rings is 1. The summed E-state index contributed by atoms with van der Waals surface area (Å²) in [5, 5.41) is 0. The molecule has 0 amide bonds. The molecule has 0 aliphatic carbocycles. The van der Waals surface area contributed by atoms with Crippen LogP contribution in [0, 0.1) is 0 Å². The molecular formula is C18H19NO. The first-order valence-corrected chi connectivity index (χ1v) is 7.32. The second-order valence-corrected chi connectivity index (χ2v) is 5.96. The van der Waals surface area contributed by atoms with Crippen LogP contribution in [-0.4, -0.2) is 25.0 Å². The van der Waals surface area contributed by atoms with Crippen molar-refractivity contribution >= 4 is 0 Å². The Bertz CT molecular complexity index is 624. The minimum absolute atomic E-state index is 0.169. The Hall–Kier alpha value is -1.80. The van der Waals surface area contributed by atoms with Crippen LogP contribution in [0.4, 0.5) is 0 Å². The van der Waals surface area contributed by atoms with Crippen LogP contribution in [0.3, 0.4) is 0 Å². The second-order valence-electron chi connectivity index (χ2n) is 5.96. The number of nitrogens with zero attached hydrogens (tertiary/aromatic N) is 1. The molecule has 4 rings (SSSR count). The number of ether oxygens (including phenoxy) is 1. The quantitative estimate of drug-likeness (QED) is 0.783. The van der Waals surface area contributed by atoms with Crippen LogP contribution in [0.25, 0.3) is 0 Å². The van der Waals surface area contributed by atoms with Crippen LogP contribution in [0.5, 0.6) is 5.75 Å². The molecule has 0 saturated carbocycles. The van der Waals surface area contributed by atoms with Crippen molar-refractivity contribution in [3.8, 4) is 5.75 Å². The number of hydrogen-bond donors (Lipinski definition) is 0. The van der Waals surface area contributed by atoms with Gasteiger partial charge in [-0.25, -0.2) is 0 Å².